The van der Waals surface area contributed by atoms with Gasteiger partial charge in [0.1, 0.15) is 12.4 Å². The number of hydrogen-bond donors (Lipinski definition) is 0. The van der Waals surface area contributed by atoms with Crippen molar-refractivity contribution in [1.82, 2.24) is 0 Å². The molecule has 0 spiro atoms. The minimum Gasteiger partial charge on any atom is -0.298 e. The zero-order chi connectivity index (χ0) is 13.8. The van der Waals surface area contributed by atoms with Crippen LogP contribution in [0.2, 0.25) is 0 Å². The number of nitriles is 1. The van der Waals surface area contributed by atoms with Gasteiger partial charge in [-0.3, -0.25) is 4.79 Å². The molecular weight excluding hydrogens is 254 g/mol. The maximum atomic E-state index is 10.7. The topological polar surface area (TPSA) is 40.9 Å². The zero-order valence-corrected chi connectivity index (χ0v) is 11.6. The summed E-state index contributed by atoms with van der Waals surface area (Å²) in [4.78, 5) is 12.7. The van der Waals surface area contributed by atoms with E-state index in [0.29, 0.717) is 11.1 Å². The lowest BCUT2D eigenvalue weighted by Crippen LogP contribution is -1.88. The highest BCUT2D eigenvalue weighted by Crippen LogP contribution is 2.33. The van der Waals surface area contributed by atoms with Crippen molar-refractivity contribution in [3.8, 4) is 6.07 Å². The summed E-state index contributed by atoms with van der Waals surface area (Å²) in [7, 11) is 0. The van der Waals surface area contributed by atoms with Gasteiger partial charge in [0.15, 0.2) is 0 Å². The summed E-state index contributed by atoms with van der Waals surface area (Å²) in [6.45, 7) is 4.10. The van der Waals surface area contributed by atoms with Gasteiger partial charge < -0.3 is 0 Å². The normalized spacial score (nSPS) is 9.95. The van der Waals surface area contributed by atoms with Crippen LogP contribution < -0.4 is 0 Å². The molecule has 0 saturated heterocycles. The second-order valence-electron chi connectivity index (χ2n) is 4.36. The summed E-state index contributed by atoms with van der Waals surface area (Å²) in [5, 5.41) is 9.16. The zero-order valence-electron chi connectivity index (χ0n) is 10.8. The molecule has 0 fully saturated rings. The predicted molar refractivity (Wildman–Crippen MR) is 76.6 cm³/mol. The van der Waals surface area contributed by atoms with E-state index in [1.54, 1.807) is 23.9 Å². The maximum Gasteiger partial charge on any atom is 0.150 e. The Bertz CT molecular complexity index is 671. The molecule has 0 amide bonds. The second kappa shape index (κ2) is 5.73. The van der Waals surface area contributed by atoms with Crippen molar-refractivity contribution >= 4 is 18.0 Å². The van der Waals surface area contributed by atoms with Crippen molar-refractivity contribution in [2.75, 3.05) is 0 Å². The number of hydrogen-bond acceptors (Lipinski definition) is 3. The lowest BCUT2D eigenvalue weighted by molar-refractivity contribution is 0.112. The van der Waals surface area contributed by atoms with Crippen LogP contribution >= 0.6 is 11.8 Å². The Labute approximate surface area is 117 Å². The molecule has 3 heteroatoms. The first-order chi connectivity index (χ1) is 9.13. The van der Waals surface area contributed by atoms with Gasteiger partial charge in [-0.2, -0.15) is 5.26 Å². The van der Waals surface area contributed by atoms with Crippen molar-refractivity contribution in [1.29, 1.82) is 5.26 Å². The molecular formula is C16H13NOS. The quantitative estimate of drug-likeness (QED) is 0.785. The number of aryl methyl sites for hydroxylation is 2. The van der Waals surface area contributed by atoms with Crippen LogP contribution in [0.1, 0.15) is 27.0 Å². The smallest absolute Gasteiger partial charge is 0.150 e. The largest absolute Gasteiger partial charge is 0.298 e. The molecule has 0 aliphatic carbocycles. The molecule has 0 aliphatic heterocycles. The molecule has 0 atom stereocenters. The monoisotopic (exact) mass is 267 g/mol. The first-order valence-electron chi connectivity index (χ1n) is 5.88. The highest BCUT2D eigenvalue weighted by atomic mass is 32.2. The number of carbonyl (C=O) groups excluding carboxylic acids is 1. The molecule has 2 aromatic rings. The Kier molecular flexibility index (Phi) is 4.03. The van der Waals surface area contributed by atoms with E-state index in [1.807, 2.05) is 19.9 Å². The number of nitrogens with zero attached hydrogens (tertiary/aromatic N) is 1. The van der Waals surface area contributed by atoms with Crippen LogP contribution in [0, 0.1) is 25.2 Å². The van der Waals surface area contributed by atoms with Gasteiger partial charge in [0.05, 0.1) is 5.56 Å². The summed E-state index contributed by atoms with van der Waals surface area (Å²) in [5.74, 6) is 0. The molecule has 2 nitrogen and oxygen atoms in total. The van der Waals surface area contributed by atoms with E-state index >= 15 is 0 Å². The van der Waals surface area contributed by atoms with Crippen LogP contribution in [-0.4, -0.2) is 6.29 Å². The Balaban J connectivity index is 2.41. The number of carbonyl (C=O) groups is 1. The van der Waals surface area contributed by atoms with E-state index in [1.165, 1.54) is 11.1 Å². The van der Waals surface area contributed by atoms with Crippen LogP contribution in [0.15, 0.2) is 46.2 Å². The van der Waals surface area contributed by atoms with E-state index in [9.17, 15) is 4.79 Å². The third kappa shape index (κ3) is 3.04. The molecule has 0 unspecified atom stereocenters. The van der Waals surface area contributed by atoms with Gasteiger partial charge in [-0.05, 0) is 43.2 Å². The minimum absolute atomic E-state index is 0.530. The van der Waals surface area contributed by atoms with Crippen molar-refractivity contribution in [3.05, 3.63) is 58.7 Å². The highest BCUT2D eigenvalue weighted by Gasteiger charge is 2.07. The lowest BCUT2D eigenvalue weighted by Gasteiger charge is -2.08. The predicted octanol–water partition coefficient (Wildman–Crippen LogP) is 4.14. The first-order valence-corrected chi connectivity index (χ1v) is 6.70. The molecule has 0 aliphatic rings. The van der Waals surface area contributed by atoms with Crippen LogP contribution in [-0.2, 0) is 0 Å². The van der Waals surface area contributed by atoms with Gasteiger partial charge >= 0.3 is 0 Å². The summed E-state index contributed by atoms with van der Waals surface area (Å²) in [6.07, 6.45) is 0.757. The fourth-order valence-electron chi connectivity index (χ4n) is 1.73. The van der Waals surface area contributed by atoms with E-state index in [-0.39, 0.29) is 0 Å². The van der Waals surface area contributed by atoms with Crippen molar-refractivity contribution in [2.45, 2.75) is 23.6 Å². The Hall–Kier alpha value is -2.05. The van der Waals surface area contributed by atoms with Crippen molar-refractivity contribution in [3.63, 3.8) is 0 Å². The van der Waals surface area contributed by atoms with Gasteiger partial charge in [-0.1, -0.05) is 30.0 Å². The molecule has 19 heavy (non-hydrogen) atoms. The number of rotatable bonds is 3. The molecule has 0 heterocycles. The highest BCUT2D eigenvalue weighted by molar-refractivity contribution is 7.99. The van der Waals surface area contributed by atoms with E-state index in [2.05, 4.69) is 24.3 Å². The standard InChI is InChI=1S/C16H13NOS/c1-11-3-4-12(2)16(7-11)19-15-6-5-13(10-18)8-14(15)9-17/h3-8,10H,1-2H3. The second-order valence-corrected chi connectivity index (χ2v) is 5.44. The van der Waals surface area contributed by atoms with Crippen LogP contribution in [0.3, 0.4) is 0 Å². The van der Waals surface area contributed by atoms with Crippen LogP contribution in [0.25, 0.3) is 0 Å². The molecule has 0 N–H and O–H groups in total. The first kappa shape index (κ1) is 13.4. The van der Waals surface area contributed by atoms with Gasteiger partial charge in [-0.25, -0.2) is 0 Å². The van der Waals surface area contributed by atoms with Gasteiger partial charge in [0.2, 0.25) is 0 Å². The minimum atomic E-state index is 0.530. The van der Waals surface area contributed by atoms with Crippen molar-refractivity contribution in [2.24, 2.45) is 0 Å². The van der Waals surface area contributed by atoms with Gasteiger partial charge in [0.25, 0.3) is 0 Å². The molecule has 0 saturated carbocycles. The van der Waals surface area contributed by atoms with E-state index in [4.69, 9.17) is 5.26 Å². The van der Waals surface area contributed by atoms with E-state index in [0.717, 1.165) is 16.1 Å². The van der Waals surface area contributed by atoms with Crippen LogP contribution in [0.5, 0.6) is 0 Å². The SMILES string of the molecule is Cc1ccc(C)c(Sc2ccc(C=O)cc2C#N)c1. The van der Waals surface area contributed by atoms with Crippen molar-refractivity contribution < 1.29 is 4.79 Å². The molecule has 0 radical (unpaired) electrons. The average Bonchev–Trinajstić information content (AvgIpc) is 2.43. The summed E-state index contributed by atoms with van der Waals surface area (Å²) < 4.78 is 0. The fraction of sp³-hybridized carbons (Fsp3) is 0.125. The van der Waals surface area contributed by atoms with Gasteiger partial charge in [-0.15, -0.1) is 0 Å². The van der Waals surface area contributed by atoms with E-state index < -0.39 is 0 Å². The molecule has 0 aromatic heterocycles. The average molecular weight is 267 g/mol. The summed E-state index contributed by atoms with van der Waals surface area (Å²) in [6, 6.07) is 13.6. The lowest BCUT2D eigenvalue weighted by atomic mass is 10.1. The molecule has 2 rings (SSSR count). The molecule has 0 bridgehead atoms. The third-order valence-electron chi connectivity index (χ3n) is 2.82. The summed E-state index contributed by atoms with van der Waals surface area (Å²) in [5.41, 5.74) is 3.44. The Morgan fingerprint density at radius 1 is 1.11 bits per heavy atom. The Morgan fingerprint density at radius 3 is 2.58 bits per heavy atom. The molecule has 94 valence electrons. The Morgan fingerprint density at radius 2 is 1.89 bits per heavy atom. The summed E-state index contributed by atoms with van der Waals surface area (Å²) >= 11 is 1.56. The van der Waals surface area contributed by atoms with Gasteiger partial charge in [0, 0.05) is 15.4 Å². The maximum absolute atomic E-state index is 10.7. The van der Waals surface area contributed by atoms with Crippen LogP contribution in [0.4, 0.5) is 0 Å². The number of benzene rings is 2. The number of aldehydes is 1. The third-order valence-corrected chi connectivity index (χ3v) is 4.06. The fourth-order valence-corrected chi connectivity index (χ4v) is 2.79. The molecule has 2 aromatic carbocycles.